The third kappa shape index (κ3) is 27.9. The number of esters is 6. The van der Waals surface area contributed by atoms with E-state index in [1.54, 1.807) is 6.92 Å². The first-order valence-electron chi connectivity index (χ1n) is 18.0. The minimum Gasteiger partial charge on any atom is -0.466 e. The second kappa shape index (κ2) is 31.3. The third-order valence-electron chi connectivity index (χ3n) is 7.13. The molecule has 0 aromatic carbocycles. The number of Topliss-reactive ketones (excluding diaryl/α,β-unsaturated/α-hetero) is 1. The fourth-order valence-corrected chi connectivity index (χ4v) is 4.01. The lowest BCUT2D eigenvalue weighted by molar-refractivity contribution is -0.191. The molecule has 3 heterocycles. The first kappa shape index (κ1) is 47.5. The molecular weight excluding hydrogens is 672 g/mol. The van der Waals surface area contributed by atoms with E-state index in [1.807, 2.05) is 13.8 Å². The van der Waals surface area contributed by atoms with Crippen LogP contribution in [0.5, 0.6) is 0 Å². The van der Waals surface area contributed by atoms with Gasteiger partial charge < -0.3 is 43.8 Å². The van der Waals surface area contributed by atoms with Crippen LogP contribution in [-0.2, 0) is 66.7 Å². The fourth-order valence-electron chi connectivity index (χ4n) is 4.01. The van der Waals surface area contributed by atoms with Crippen LogP contribution < -0.4 is 10.6 Å². The number of ether oxygens (including phenoxy) is 7. The van der Waals surface area contributed by atoms with Crippen LogP contribution in [-0.4, -0.2) is 119 Å². The van der Waals surface area contributed by atoms with Crippen molar-refractivity contribution in [2.24, 2.45) is 0 Å². The number of carbonyl (C=O) groups excluding carboxylic acids is 7. The lowest BCUT2D eigenvalue weighted by Crippen LogP contribution is -2.40. The molecule has 0 spiro atoms. The number of rotatable bonds is 16. The van der Waals surface area contributed by atoms with E-state index in [1.165, 1.54) is 13.8 Å². The Kier molecular flexibility index (Phi) is 29.2. The summed E-state index contributed by atoms with van der Waals surface area (Å²) in [5.41, 5.74) is 0. The van der Waals surface area contributed by atoms with Crippen molar-refractivity contribution in [1.29, 1.82) is 0 Å². The highest BCUT2D eigenvalue weighted by Crippen LogP contribution is 2.09. The molecule has 3 saturated heterocycles. The van der Waals surface area contributed by atoms with Crippen molar-refractivity contribution in [3.8, 4) is 0 Å². The molecule has 3 fully saturated rings. The van der Waals surface area contributed by atoms with Crippen LogP contribution in [0.15, 0.2) is 0 Å². The van der Waals surface area contributed by atoms with Crippen LogP contribution in [0.25, 0.3) is 0 Å². The number of hydrogen-bond acceptors (Lipinski definition) is 16. The molecule has 51 heavy (non-hydrogen) atoms. The zero-order valence-corrected chi connectivity index (χ0v) is 31.1. The zero-order chi connectivity index (χ0) is 38.3. The number of ketones is 1. The molecule has 16 heteroatoms. The quantitative estimate of drug-likeness (QED) is 0.101. The number of cyclic esters (lactones) is 4. The molecular formula is C35H60N2O14. The van der Waals surface area contributed by atoms with Gasteiger partial charge in [-0.1, -0.05) is 13.3 Å². The molecule has 0 aromatic rings. The second-order valence-electron chi connectivity index (χ2n) is 11.6. The average molecular weight is 733 g/mol. The van der Waals surface area contributed by atoms with E-state index in [2.05, 4.69) is 20.1 Å². The van der Waals surface area contributed by atoms with E-state index in [0.29, 0.717) is 78.2 Å². The lowest BCUT2D eigenvalue weighted by Gasteiger charge is -2.22. The molecule has 3 unspecified atom stereocenters. The number of unbranched alkanes of at least 4 members (excludes halogenated alkanes) is 2. The molecule has 0 radical (unpaired) electrons. The van der Waals surface area contributed by atoms with Gasteiger partial charge in [-0.05, 0) is 59.8 Å². The zero-order valence-electron chi connectivity index (χ0n) is 31.1. The smallest absolute Gasteiger partial charge is 0.347 e. The molecule has 0 aromatic heterocycles. The van der Waals surface area contributed by atoms with Crippen molar-refractivity contribution in [3.63, 3.8) is 0 Å². The standard InChI is InChI=1S/C18H33NO6.C6H8O4.C6H10O2.C5H9NO2/c1-4-16(20)10-11-19-12-14-24-15(3)18(22)25-17(21)9-7-6-8-13-23-5-2;1-3-5(7)10-4(2)6(8)9-3;7-6-4-2-1-3-5-8-6;7-5-1-2-6-3-4-8-5/h15,19H,4-14H2,1-3H3;3-4H,1-2H3;1-5H2;6H,1-4H2. The molecule has 16 nitrogen and oxygen atoms in total. The molecule has 0 aliphatic carbocycles. The Bertz CT molecular complexity index is 974. The molecule has 0 saturated carbocycles. The van der Waals surface area contributed by atoms with Gasteiger partial charge in [-0.15, -0.1) is 0 Å². The van der Waals surface area contributed by atoms with Gasteiger partial charge in [0.15, 0.2) is 18.3 Å². The summed E-state index contributed by atoms with van der Waals surface area (Å²) in [6.07, 6.45) is 5.75. The monoisotopic (exact) mass is 732 g/mol. The Morgan fingerprint density at radius 2 is 1.47 bits per heavy atom. The average Bonchev–Trinajstić information content (AvgIpc) is 3.51. The Labute approximate surface area is 301 Å². The summed E-state index contributed by atoms with van der Waals surface area (Å²) in [5, 5.41) is 6.09. The largest absolute Gasteiger partial charge is 0.466 e. The van der Waals surface area contributed by atoms with Crippen molar-refractivity contribution < 1.29 is 66.7 Å². The van der Waals surface area contributed by atoms with Crippen molar-refractivity contribution in [2.75, 3.05) is 59.2 Å². The fraction of sp³-hybridized carbons (Fsp3) is 0.800. The van der Waals surface area contributed by atoms with E-state index < -0.39 is 42.2 Å². The highest BCUT2D eigenvalue weighted by molar-refractivity contribution is 5.88. The first-order valence-corrected chi connectivity index (χ1v) is 18.0. The Hall–Kier alpha value is -3.47. The SMILES string of the molecule is CC1OC(=O)C(C)OC1=O.CCOCCCCCC(=O)OC(=O)C(C)OCCNCCC(=O)CC.O=C1CCCCCO1.O=C1CCNCCO1. The van der Waals surface area contributed by atoms with E-state index in [0.717, 1.165) is 45.2 Å². The van der Waals surface area contributed by atoms with Crippen LogP contribution in [0, 0.1) is 0 Å². The maximum absolute atomic E-state index is 11.7. The molecule has 3 aliphatic rings. The van der Waals surface area contributed by atoms with Crippen molar-refractivity contribution in [3.05, 3.63) is 0 Å². The third-order valence-corrected chi connectivity index (χ3v) is 7.13. The van der Waals surface area contributed by atoms with Gasteiger partial charge >= 0.3 is 35.8 Å². The van der Waals surface area contributed by atoms with Crippen LogP contribution in [0.3, 0.4) is 0 Å². The van der Waals surface area contributed by atoms with Gasteiger partial charge in [0, 0.05) is 65.1 Å². The minimum atomic E-state index is -0.791. The highest BCUT2D eigenvalue weighted by Gasteiger charge is 2.32. The van der Waals surface area contributed by atoms with Crippen molar-refractivity contribution in [1.82, 2.24) is 10.6 Å². The Morgan fingerprint density at radius 1 is 0.804 bits per heavy atom. The maximum atomic E-state index is 11.7. The highest BCUT2D eigenvalue weighted by atomic mass is 16.6. The molecule has 3 rings (SSSR count). The molecule has 2 N–H and O–H groups in total. The Morgan fingerprint density at radius 3 is 2.14 bits per heavy atom. The summed E-state index contributed by atoms with van der Waals surface area (Å²) < 4.78 is 33.9. The van der Waals surface area contributed by atoms with Gasteiger partial charge in [0.1, 0.15) is 12.4 Å². The summed E-state index contributed by atoms with van der Waals surface area (Å²) in [6, 6.07) is 0. The van der Waals surface area contributed by atoms with Crippen molar-refractivity contribution >= 4 is 41.6 Å². The van der Waals surface area contributed by atoms with Crippen LogP contribution in [0.4, 0.5) is 0 Å². The Balaban J connectivity index is 0.000000770. The summed E-state index contributed by atoms with van der Waals surface area (Å²) >= 11 is 0. The number of carbonyl (C=O) groups is 7. The van der Waals surface area contributed by atoms with Crippen LogP contribution in [0.2, 0.25) is 0 Å². The topological polar surface area (TPSA) is 208 Å². The van der Waals surface area contributed by atoms with E-state index in [-0.39, 0.29) is 24.1 Å². The molecule has 0 bridgehead atoms. The second-order valence-corrected chi connectivity index (χ2v) is 11.6. The van der Waals surface area contributed by atoms with E-state index >= 15 is 0 Å². The predicted octanol–water partition coefficient (Wildman–Crippen LogP) is 2.51. The maximum Gasteiger partial charge on any atom is 0.347 e. The van der Waals surface area contributed by atoms with Gasteiger partial charge in [0.05, 0.1) is 19.6 Å². The molecule has 0 amide bonds. The number of hydrogen-bond donors (Lipinski definition) is 2. The molecule has 294 valence electrons. The summed E-state index contributed by atoms with van der Waals surface area (Å²) in [4.78, 5) is 76.6. The van der Waals surface area contributed by atoms with Gasteiger partial charge in [0.2, 0.25) is 0 Å². The normalized spacial score (nSPS) is 19.2. The van der Waals surface area contributed by atoms with Gasteiger partial charge in [0.25, 0.3) is 0 Å². The van der Waals surface area contributed by atoms with Gasteiger partial charge in [-0.2, -0.15) is 0 Å². The minimum absolute atomic E-state index is 0.0255. The van der Waals surface area contributed by atoms with Crippen LogP contribution in [0.1, 0.15) is 105 Å². The molecule has 3 aliphatic heterocycles. The number of nitrogens with one attached hydrogen (secondary N) is 2. The lowest BCUT2D eigenvalue weighted by atomic mass is 10.2. The van der Waals surface area contributed by atoms with Gasteiger partial charge in [-0.25, -0.2) is 14.4 Å². The van der Waals surface area contributed by atoms with Crippen molar-refractivity contribution in [2.45, 2.75) is 124 Å². The summed E-state index contributed by atoms with van der Waals surface area (Å²) in [5.74, 6) is -2.05. The predicted molar refractivity (Wildman–Crippen MR) is 183 cm³/mol. The first-order chi connectivity index (χ1) is 24.4. The van der Waals surface area contributed by atoms with Gasteiger partial charge in [-0.3, -0.25) is 19.2 Å². The summed E-state index contributed by atoms with van der Waals surface area (Å²) in [7, 11) is 0. The van der Waals surface area contributed by atoms with E-state index in [4.69, 9.17) is 23.7 Å². The molecule has 3 atom stereocenters. The van der Waals surface area contributed by atoms with Crippen LogP contribution >= 0.6 is 0 Å². The summed E-state index contributed by atoms with van der Waals surface area (Å²) in [6.45, 7) is 13.8. The van der Waals surface area contributed by atoms with E-state index in [9.17, 15) is 33.6 Å².